The highest BCUT2D eigenvalue weighted by Gasteiger charge is 2.11. The molecular formula is C29H30N4O. The molecule has 4 aromatic rings. The summed E-state index contributed by atoms with van der Waals surface area (Å²) in [5.74, 6) is 0.0723. The van der Waals surface area contributed by atoms with E-state index in [1.165, 1.54) is 19.3 Å². The summed E-state index contributed by atoms with van der Waals surface area (Å²) in [5.41, 5.74) is 6.07. The van der Waals surface area contributed by atoms with E-state index in [0.717, 1.165) is 52.4 Å². The number of rotatable bonds is 10. The molecule has 0 spiro atoms. The fraction of sp³-hybridized carbons (Fsp3) is 0.241. The minimum atomic E-state index is 0.0723. The maximum absolute atomic E-state index is 12.3. The molecule has 5 nitrogen and oxygen atoms in total. The molecule has 1 N–H and O–H groups in total. The van der Waals surface area contributed by atoms with E-state index in [1.54, 1.807) is 12.4 Å². The van der Waals surface area contributed by atoms with Crippen LogP contribution in [0.5, 0.6) is 0 Å². The van der Waals surface area contributed by atoms with Crippen LogP contribution in [0.4, 0.5) is 5.69 Å². The van der Waals surface area contributed by atoms with Gasteiger partial charge < -0.3 is 5.32 Å². The van der Waals surface area contributed by atoms with Crippen molar-refractivity contribution in [1.82, 2.24) is 15.0 Å². The molecule has 0 atom stereocenters. The molecule has 34 heavy (non-hydrogen) atoms. The van der Waals surface area contributed by atoms with Gasteiger partial charge >= 0.3 is 0 Å². The smallest absolute Gasteiger partial charge is 0.224 e. The van der Waals surface area contributed by atoms with Crippen LogP contribution in [0.15, 0.2) is 85.2 Å². The highest BCUT2D eigenvalue weighted by Crippen LogP contribution is 2.29. The predicted octanol–water partition coefficient (Wildman–Crippen LogP) is 7.17. The van der Waals surface area contributed by atoms with Crippen LogP contribution in [-0.2, 0) is 4.79 Å². The number of benzene rings is 1. The Labute approximate surface area is 201 Å². The van der Waals surface area contributed by atoms with Crippen molar-refractivity contribution < 1.29 is 4.79 Å². The Bertz CT molecular complexity index is 1130. The van der Waals surface area contributed by atoms with Gasteiger partial charge in [0.05, 0.1) is 22.8 Å². The Morgan fingerprint density at radius 2 is 1.32 bits per heavy atom. The zero-order valence-corrected chi connectivity index (χ0v) is 19.6. The van der Waals surface area contributed by atoms with Gasteiger partial charge in [0.25, 0.3) is 0 Å². The number of carbonyl (C=O) groups excluding carboxylic acids is 1. The van der Waals surface area contributed by atoms with Crippen molar-refractivity contribution >= 4 is 11.6 Å². The minimum absolute atomic E-state index is 0.0723. The summed E-state index contributed by atoms with van der Waals surface area (Å²) >= 11 is 0. The highest BCUT2D eigenvalue weighted by atomic mass is 16.1. The lowest BCUT2D eigenvalue weighted by molar-refractivity contribution is -0.116. The monoisotopic (exact) mass is 450 g/mol. The van der Waals surface area contributed by atoms with E-state index in [9.17, 15) is 4.79 Å². The fourth-order valence-corrected chi connectivity index (χ4v) is 3.85. The largest absolute Gasteiger partial charge is 0.326 e. The summed E-state index contributed by atoms with van der Waals surface area (Å²) in [6, 6.07) is 23.6. The molecule has 0 radical (unpaired) electrons. The number of unbranched alkanes of at least 4 members (excludes halogenated alkanes) is 4. The van der Waals surface area contributed by atoms with Gasteiger partial charge in [-0.3, -0.25) is 14.8 Å². The van der Waals surface area contributed by atoms with E-state index in [4.69, 9.17) is 4.98 Å². The SMILES string of the molecule is CCCCCCCC(=O)Nc1ccc(-c2cc(-c3ccccn3)nc(-c3ccccn3)c2)cc1. The van der Waals surface area contributed by atoms with Crippen LogP contribution in [0.2, 0.25) is 0 Å². The third-order valence-corrected chi connectivity index (χ3v) is 5.69. The van der Waals surface area contributed by atoms with Crippen molar-refractivity contribution in [2.45, 2.75) is 45.4 Å². The summed E-state index contributed by atoms with van der Waals surface area (Å²) in [6.07, 6.45) is 9.80. The molecule has 0 saturated carbocycles. The first-order chi connectivity index (χ1) is 16.7. The number of aromatic nitrogens is 3. The van der Waals surface area contributed by atoms with Crippen molar-refractivity contribution in [2.24, 2.45) is 0 Å². The van der Waals surface area contributed by atoms with Crippen LogP contribution in [0, 0.1) is 0 Å². The van der Waals surface area contributed by atoms with E-state index in [-0.39, 0.29) is 5.91 Å². The third kappa shape index (κ3) is 6.35. The second-order valence-corrected chi connectivity index (χ2v) is 8.35. The summed E-state index contributed by atoms with van der Waals surface area (Å²) in [6.45, 7) is 2.20. The summed E-state index contributed by atoms with van der Waals surface area (Å²) in [7, 11) is 0. The normalized spacial score (nSPS) is 10.7. The Morgan fingerprint density at radius 3 is 1.88 bits per heavy atom. The molecule has 0 aliphatic rings. The van der Waals surface area contributed by atoms with Gasteiger partial charge in [0.15, 0.2) is 0 Å². The first kappa shape index (κ1) is 23.3. The Hall–Kier alpha value is -3.86. The van der Waals surface area contributed by atoms with E-state index in [2.05, 4.69) is 22.2 Å². The van der Waals surface area contributed by atoms with Gasteiger partial charge in [-0.05, 0) is 66.1 Å². The number of anilines is 1. The summed E-state index contributed by atoms with van der Waals surface area (Å²) in [4.78, 5) is 26.0. The van der Waals surface area contributed by atoms with Gasteiger partial charge in [-0.1, -0.05) is 56.9 Å². The van der Waals surface area contributed by atoms with Crippen molar-refractivity contribution in [3.63, 3.8) is 0 Å². The number of pyridine rings is 3. The molecule has 172 valence electrons. The molecule has 1 amide bonds. The van der Waals surface area contributed by atoms with Gasteiger partial charge in [0, 0.05) is 24.5 Å². The number of carbonyl (C=O) groups is 1. The first-order valence-electron chi connectivity index (χ1n) is 12.0. The lowest BCUT2D eigenvalue weighted by Crippen LogP contribution is -2.10. The second kappa shape index (κ2) is 11.8. The van der Waals surface area contributed by atoms with E-state index in [1.807, 2.05) is 72.8 Å². The van der Waals surface area contributed by atoms with Gasteiger partial charge in [-0.2, -0.15) is 0 Å². The molecule has 5 heteroatoms. The predicted molar refractivity (Wildman–Crippen MR) is 138 cm³/mol. The molecule has 3 aromatic heterocycles. The van der Waals surface area contributed by atoms with E-state index < -0.39 is 0 Å². The lowest BCUT2D eigenvalue weighted by atomic mass is 10.0. The zero-order chi connectivity index (χ0) is 23.6. The molecule has 3 heterocycles. The standard InChI is InChI=1S/C29H30N4O/c1-2-3-4-5-6-13-29(34)32-24-16-14-22(15-17-24)23-20-27(25-11-7-9-18-30-25)33-28(21-23)26-12-8-10-19-31-26/h7-12,14-21H,2-6,13H2,1H3,(H,32,34). The van der Waals surface area contributed by atoms with Crippen molar-refractivity contribution in [2.75, 3.05) is 5.32 Å². The molecule has 0 unspecified atom stereocenters. The van der Waals surface area contributed by atoms with Crippen LogP contribution >= 0.6 is 0 Å². The van der Waals surface area contributed by atoms with Gasteiger partial charge in [-0.25, -0.2) is 4.98 Å². The first-order valence-corrected chi connectivity index (χ1v) is 12.0. The molecule has 0 fully saturated rings. The van der Waals surface area contributed by atoms with E-state index in [0.29, 0.717) is 6.42 Å². The Kier molecular flexibility index (Phi) is 8.12. The topological polar surface area (TPSA) is 67.8 Å². The molecule has 0 aliphatic heterocycles. The van der Waals surface area contributed by atoms with E-state index >= 15 is 0 Å². The quantitative estimate of drug-likeness (QED) is 0.260. The average Bonchev–Trinajstić information content (AvgIpc) is 2.90. The minimum Gasteiger partial charge on any atom is -0.326 e. The van der Waals surface area contributed by atoms with Crippen molar-refractivity contribution in [3.8, 4) is 33.9 Å². The fourth-order valence-electron chi connectivity index (χ4n) is 3.85. The number of amides is 1. The third-order valence-electron chi connectivity index (χ3n) is 5.69. The molecule has 0 aliphatic carbocycles. The average molecular weight is 451 g/mol. The highest BCUT2D eigenvalue weighted by molar-refractivity contribution is 5.91. The van der Waals surface area contributed by atoms with Crippen LogP contribution in [0.25, 0.3) is 33.9 Å². The van der Waals surface area contributed by atoms with Crippen molar-refractivity contribution in [3.05, 3.63) is 85.2 Å². The summed E-state index contributed by atoms with van der Waals surface area (Å²) < 4.78 is 0. The molecule has 0 saturated heterocycles. The molecule has 1 aromatic carbocycles. The number of hydrogen-bond donors (Lipinski definition) is 1. The number of hydrogen-bond acceptors (Lipinski definition) is 4. The summed E-state index contributed by atoms with van der Waals surface area (Å²) in [5, 5.41) is 3.01. The second-order valence-electron chi connectivity index (χ2n) is 8.35. The van der Waals surface area contributed by atoms with Crippen LogP contribution in [-0.4, -0.2) is 20.9 Å². The van der Waals surface area contributed by atoms with Gasteiger partial charge in [-0.15, -0.1) is 0 Å². The van der Waals surface area contributed by atoms with Crippen molar-refractivity contribution in [1.29, 1.82) is 0 Å². The molecule has 4 rings (SSSR count). The number of nitrogens with zero attached hydrogens (tertiary/aromatic N) is 3. The molecule has 0 bridgehead atoms. The van der Waals surface area contributed by atoms with Crippen LogP contribution in [0.1, 0.15) is 45.4 Å². The Balaban J connectivity index is 1.53. The Morgan fingerprint density at radius 1 is 0.706 bits per heavy atom. The maximum Gasteiger partial charge on any atom is 0.224 e. The van der Waals surface area contributed by atoms with Gasteiger partial charge in [0.1, 0.15) is 0 Å². The lowest BCUT2D eigenvalue weighted by Gasteiger charge is -2.10. The van der Waals surface area contributed by atoms with Crippen LogP contribution in [0.3, 0.4) is 0 Å². The maximum atomic E-state index is 12.3. The molecular weight excluding hydrogens is 420 g/mol. The van der Waals surface area contributed by atoms with Crippen LogP contribution < -0.4 is 5.32 Å². The zero-order valence-electron chi connectivity index (χ0n) is 19.6. The van der Waals surface area contributed by atoms with Gasteiger partial charge in [0.2, 0.25) is 5.91 Å². The number of nitrogens with one attached hydrogen (secondary N) is 1.